The number of aliphatic carboxylic acids is 1. The number of hydrogen-bond donors (Lipinski definition) is 5. The van der Waals surface area contributed by atoms with E-state index in [1.54, 1.807) is 6.92 Å². The van der Waals surface area contributed by atoms with Crippen LogP contribution in [0.2, 0.25) is 0 Å². The summed E-state index contributed by atoms with van der Waals surface area (Å²) in [6.45, 7) is 1.35. The van der Waals surface area contributed by atoms with Crippen LogP contribution in [-0.2, 0) is 25.5 Å². The van der Waals surface area contributed by atoms with Gasteiger partial charge in [0.05, 0.1) is 6.61 Å². The zero-order valence-corrected chi connectivity index (χ0v) is 15.1. The van der Waals surface area contributed by atoms with Crippen molar-refractivity contribution in [1.29, 1.82) is 0 Å². The monoisotopic (exact) mass is 383 g/mol. The second kappa shape index (κ2) is 11.0. The fourth-order valence-electron chi connectivity index (χ4n) is 2.51. The molecule has 0 aliphatic carbocycles. The maximum absolute atomic E-state index is 12.2. The molecule has 0 saturated heterocycles. The van der Waals surface area contributed by atoms with E-state index in [2.05, 4.69) is 5.32 Å². The summed E-state index contributed by atoms with van der Waals surface area (Å²) >= 11 is 0. The predicted octanol–water partition coefficient (Wildman–Crippen LogP) is 0.552. The minimum absolute atomic E-state index is 0.0949. The summed E-state index contributed by atoms with van der Waals surface area (Å²) in [5.41, 5.74) is 0.451. The smallest absolute Gasteiger partial charge is 0.328 e. The Morgan fingerprint density at radius 1 is 1.22 bits per heavy atom. The summed E-state index contributed by atoms with van der Waals surface area (Å²) in [4.78, 5) is 34.8. The second-order valence-corrected chi connectivity index (χ2v) is 6.07. The lowest BCUT2D eigenvalue weighted by molar-refractivity contribution is -0.148. The molecular weight excluding hydrogens is 358 g/mol. The molecule has 9 nitrogen and oxygen atoms in total. The summed E-state index contributed by atoms with van der Waals surface area (Å²) in [5.74, 6) is -3.16. The van der Waals surface area contributed by atoms with Gasteiger partial charge in [0.2, 0.25) is 5.91 Å². The summed E-state index contributed by atoms with van der Waals surface area (Å²) in [5, 5.41) is 39.8. The molecule has 0 heterocycles. The van der Waals surface area contributed by atoms with Crippen molar-refractivity contribution in [3.8, 4) is 11.5 Å². The molecule has 2 atom stereocenters. The van der Waals surface area contributed by atoms with Crippen LogP contribution in [0.4, 0.5) is 0 Å². The predicted molar refractivity (Wildman–Crippen MR) is 94.1 cm³/mol. The Hall–Kier alpha value is -2.81. The Morgan fingerprint density at radius 3 is 2.48 bits per heavy atom. The summed E-state index contributed by atoms with van der Waals surface area (Å²) in [6, 6.07) is 2.94. The number of carboxylic acids is 1. The lowest BCUT2D eigenvalue weighted by atomic mass is 9.95. The van der Waals surface area contributed by atoms with Crippen molar-refractivity contribution < 1.29 is 39.5 Å². The number of amides is 1. The van der Waals surface area contributed by atoms with Gasteiger partial charge in [-0.15, -0.1) is 0 Å². The van der Waals surface area contributed by atoms with Gasteiger partial charge >= 0.3 is 11.9 Å². The molecule has 0 aromatic heterocycles. The molecule has 1 aromatic carbocycles. The minimum atomic E-state index is -1.10. The topological polar surface area (TPSA) is 153 Å². The van der Waals surface area contributed by atoms with Crippen LogP contribution in [0, 0.1) is 5.92 Å². The van der Waals surface area contributed by atoms with Crippen LogP contribution >= 0.6 is 0 Å². The maximum atomic E-state index is 12.2. The number of benzene rings is 1. The molecule has 1 aromatic rings. The van der Waals surface area contributed by atoms with Crippen LogP contribution in [0.5, 0.6) is 11.5 Å². The third-order valence-electron chi connectivity index (χ3n) is 3.86. The number of phenols is 2. The van der Waals surface area contributed by atoms with E-state index in [-0.39, 0.29) is 50.4 Å². The van der Waals surface area contributed by atoms with E-state index in [1.165, 1.54) is 12.1 Å². The van der Waals surface area contributed by atoms with Gasteiger partial charge in [0, 0.05) is 25.5 Å². The average Bonchev–Trinajstić information content (AvgIpc) is 2.60. The number of phenolic OH excluding ortho intramolecular Hbond substituents is 2. The molecule has 5 N–H and O–H groups in total. The van der Waals surface area contributed by atoms with Gasteiger partial charge in [0.15, 0.2) is 0 Å². The van der Waals surface area contributed by atoms with Crippen molar-refractivity contribution in [2.24, 2.45) is 5.92 Å². The number of ether oxygens (including phenoxy) is 1. The SMILES string of the molecule is CCOC(=O)[C@H](CCC(=O)O)NC(=O)CC(CO)Cc1ccc(O)cc1O. The molecule has 0 aliphatic heterocycles. The maximum Gasteiger partial charge on any atom is 0.328 e. The molecule has 0 radical (unpaired) electrons. The van der Waals surface area contributed by atoms with Gasteiger partial charge in [-0.3, -0.25) is 9.59 Å². The van der Waals surface area contributed by atoms with Crippen molar-refractivity contribution in [1.82, 2.24) is 5.32 Å². The molecule has 0 aliphatic rings. The molecule has 150 valence electrons. The molecule has 1 unspecified atom stereocenters. The first kappa shape index (κ1) is 22.2. The molecule has 0 bridgehead atoms. The van der Waals surface area contributed by atoms with Gasteiger partial charge in [0.1, 0.15) is 17.5 Å². The largest absolute Gasteiger partial charge is 0.508 e. The fraction of sp³-hybridized carbons (Fsp3) is 0.500. The highest BCUT2D eigenvalue weighted by molar-refractivity contribution is 5.85. The minimum Gasteiger partial charge on any atom is -0.508 e. The molecular formula is C18H25NO8. The Bertz CT molecular complexity index is 661. The van der Waals surface area contributed by atoms with Crippen LogP contribution in [0.1, 0.15) is 31.7 Å². The third-order valence-corrected chi connectivity index (χ3v) is 3.86. The van der Waals surface area contributed by atoms with Gasteiger partial charge in [0.25, 0.3) is 0 Å². The number of aliphatic hydroxyl groups is 1. The van der Waals surface area contributed by atoms with E-state index in [1.807, 2.05) is 0 Å². The standard InChI is InChI=1S/C18H25NO8/c1-2-27-18(26)14(5-6-17(24)25)19-16(23)8-11(10-20)7-12-3-4-13(21)9-15(12)22/h3-4,9,11,14,20-22H,2,5-8,10H2,1H3,(H,19,23)(H,24,25)/t11?,14-/m0/s1. The molecule has 1 amide bonds. The van der Waals surface area contributed by atoms with Crippen LogP contribution < -0.4 is 5.32 Å². The number of rotatable bonds is 11. The quantitative estimate of drug-likeness (QED) is 0.347. The Morgan fingerprint density at radius 2 is 1.93 bits per heavy atom. The van der Waals surface area contributed by atoms with E-state index in [0.29, 0.717) is 5.56 Å². The lowest BCUT2D eigenvalue weighted by Crippen LogP contribution is -2.43. The van der Waals surface area contributed by atoms with E-state index in [0.717, 1.165) is 6.07 Å². The highest BCUT2D eigenvalue weighted by Gasteiger charge is 2.24. The summed E-state index contributed by atoms with van der Waals surface area (Å²) in [7, 11) is 0. The van der Waals surface area contributed by atoms with Gasteiger partial charge in [-0.2, -0.15) is 0 Å². The number of aromatic hydroxyl groups is 2. The summed E-state index contributed by atoms with van der Waals surface area (Å²) < 4.78 is 4.84. The van der Waals surface area contributed by atoms with Gasteiger partial charge in [-0.05, 0) is 37.3 Å². The average molecular weight is 383 g/mol. The first-order chi connectivity index (χ1) is 12.8. The first-order valence-electron chi connectivity index (χ1n) is 8.56. The van der Waals surface area contributed by atoms with Crippen LogP contribution in [-0.4, -0.2) is 57.5 Å². The van der Waals surface area contributed by atoms with Gasteiger partial charge in [-0.25, -0.2) is 4.79 Å². The first-order valence-corrected chi connectivity index (χ1v) is 8.56. The lowest BCUT2D eigenvalue weighted by Gasteiger charge is -2.19. The Labute approximate surface area is 156 Å². The van der Waals surface area contributed by atoms with Crippen LogP contribution in [0.15, 0.2) is 18.2 Å². The third kappa shape index (κ3) is 7.95. The van der Waals surface area contributed by atoms with Gasteiger partial charge in [-0.1, -0.05) is 6.07 Å². The molecule has 27 heavy (non-hydrogen) atoms. The normalized spacial score (nSPS) is 12.8. The molecule has 0 fully saturated rings. The number of carbonyl (C=O) groups is 3. The summed E-state index contributed by atoms with van der Waals surface area (Å²) in [6.07, 6.45) is -0.383. The number of hydrogen-bond acceptors (Lipinski definition) is 7. The zero-order valence-electron chi connectivity index (χ0n) is 15.1. The van der Waals surface area contributed by atoms with Crippen LogP contribution in [0.25, 0.3) is 0 Å². The Kier molecular flexibility index (Phi) is 9.07. The van der Waals surface area contributed by atoms with E-state index < -0.39 is 29.8 Å². The molecule has 9 heteroatoms. The van der Waals surface area contributed by atoms with E-state index >= 15 is 0 Å². The number of carbonyl (C=O) groups excluding carboxylic acids is 2. The number of carboxylic acid groups (broad SMARTS) is 1. The van der Waals surface area contributed by atoms with Crippen molar-refractivity contribution in [2.45, 2.75) is 38.6 Å². The fourth-order valence-corrected chi connectivity index (χ4v) is 2.51. The molecule has 0 saturated carbocycles. The van der Waals surface area contributed by atoms with Crippen molar-refractivity contribution in [3.63, 3.8) is 0 Å². The second-order valence-electron chi connectivity index (χ2n) is 6.07. The zero-order chi connectivity index (χ0) is 20.4. The van der Waals surface area contributed by atoms with E-state index in [9.17, 15) is 29.7 Å². The molecule has 0 spiro atoms. The number of esters is 1. The van der Waals surface area contributed by atoms with Crippen molar-refractivity contribution in [3.05, 3.63) is 23.8 Å². The highest BCUT2D eigenvalue weighted by Crippen LogP contribution is 2.25. The highest BCUT2D eigenvalue weighted by atomic mass is 16.5. The molecule has 1 rings (SSSR count). The van der Waals surface area contributed by atoms with Crippen LogP contribution in [0.3, 0.4) is 0 Å². The van der Waals surface area contributed by atoms with Crippen molar-refractivity contribution >= 4 is 17.8 Å². The number of nitrogens with one attached hydrogen (secondary N) is 1. The van der Waals surface area contributed by atoms with Gasteiger partial charge < -0.3 is 30.5 Å². The van der Waals surface area contributed by atoms with E-state index in [4.69, 9.17) is 9.84 Å². The number of aliphatic hydroxyl groups excluding tert-OH is 1. The Balaban J connectivity index is 2.70. The van der Waals surface area contributed by atoms with Crippen molar-refractivity contribution in [2.75, 3.05) is 13.2 Å².